The minimum Gasteiger partial charge on any atom is -0.383 e. The molecule has 3 rings (SSSR count). The molecule has 2 amide bonds. The van der Waals surface area contributed by atoms with Gasteiger partial charge in [0, 0.05) is 39.7 Å². The zero-order valence-electron chi connectivity index (χ0n) is 14.5. The summed E-state index contributed by atoms with van der Waals surface area (Å²) in [4.78, 5) is 29.6. The Balaban J connectivity index is 1.60. The van der Waals surface area contributed by atoms with E-state index >= 15 is 0 Å². The summed E-state index contributed by atoms with van der Waals surface area (Å²) in [7, 11) is 1.67. The van der Waals surface area contributed by atoms with Crippen molar-refractivity contribution >= 4 is 23.2 Å². The summed E-state index contributed by atoms with van der Waals surface area (Å²) in [5.74, 6) is 0.408. The van der Waals surface area contributed by atoms with Crippen LogP contribution in [0.2, 0.25) is 0 Å². The number of methoxy groups -OCH3 is 1. The molecule has 0 aromatic carbocycles. The van der Waals surface area contributed by atoms with Crippen LogP contribution in [0.4, 0.5) is 0 Å². The lowest BCUT2D eigenvalue weighted by atomic mass is 9.72. The predicted molar refractivity (Wildman–Crippen MR) is 94.3 cm³/mol. The first kappa shape index (κ1) is 17.4. The summed E-state index contributed by atoms with van der Waals surface area (Å²) < 4.78 is 5.12. The van der Waals surface area contributed by atoms with Crippen LogP contribution in [0.5, 0.6) is 0 Å². The number of piperidine rings is 2. The molecule has 0 saturated carbocycles. The molecule has 1 aromatic rings. The van der Waals surface area contributed by atoms with E-state index in [-0.39, 0.29) is 17.2 Å². The van der Waals surface area contributed by atoms with E-state index < -0.39 is 0 Å². The van der Waals surface area contributed by atoms with Gasteiger partial charge in [0.1, 0.15) is 0 Å². The Labute approximate surface area is 147 Å². The molecule has 0 atom stereocenters. The van der Waals surface area contributed by atoms with E-state index in [4.69, 9.17) is 4.74 Å². The van der Waals surface area contributed by atoms with Gasteiger partial charge in [-0.15, -0.1) is 11.3 Å². The number of ether oxygens (including phenoxy) is 1. The molecule has 0 aliphatic carbocycles. The highest BCUT2D eigenvalue weighted by Gasteiger charge is 2.41. The first-order valence-corrected chi connectivity index (χ1v) is 9.53. The third-order valence-electron chi connectivity index (χ3n) is 5.48. The molecule has 3 heterocycles. The number of aryl methyl sites for hydroxylation is 1. The van der Waals surface area contributed by atoms with Gasteiger partial charge in [-0.25, -0.2) is 0 Å². The molecular weight excluding hydrogens is 324 g/mol. The second-order valence-electron chi connectivity index (χ2n) is 7.03. The van der Waals surface area contributed by atoms with Gasteiger partial charge < -0.3 is 14.5 Å². The predicted octanol–water partition coefficient (Wildman–Crippen LogP) is 2.55. The average molecular weight is 350 g/mol. The van der Waals surface area contributed by atoms with Crippen LogP contribution in [0.3, 0.4) is 0 Å². The third-order valence-corrected chi connectivity index (χ3v) is 6.49. The van der Waals surface area contributed by atoms with Crippen LogP contribution in [0, 0.1) is 12.3 Å². The fourth-order valence-corrected chi connectivity index (χ4v) is 4.73. The molecule has 0 unspecified atom stereocenters. The zero-order chi connectivity index (χ0) is 17.2. The largest absolute Gasteiger partial charge is 0.383 e. The van der Waals surface area contributed by atoms with Crippen molar-refractivity contribution in [2.45, 2.75) is 32.6 Å². The normalized spacial score (nSPS) is 20.7. The zero-order valence-corrected chi connectivity index (χ0v) is 15.4. The molecule has 6 heteroatoms. The lowest BCUT2D eigenvalue weighted by molar-refractivity contribution is -0.139. The van der Waals surface area contributed by atoms with Gasteiger partial charge >= 0.3 is 0 Å². The number of hydrogen-bond donors (Lipinski definition) is 0. The Morgan fingerprint density at radius 2 is 2.08 bits per heavy atom. The first-order chi connectivity index (χ1) is 11.5. The molecule has 5 nitrogen and oxygen atoms in total. The maximum Gasteiger partial charge on any atom is 0.264 e. The van der Waals surface area contributed by atoms with Crippen molar-refractivity contribution in [2.24, 2.45) is 5.41 Å². The van der Waals surface area contributed by atoms with Gasteiger partial charge in [0.15, 0.2) is 0 Å². The lowest BCUT2D eigenvalue weighted by Crippen LogP contribution is -2.52. The van der Waals surface area contributed by atoms with Gasteiger partial charge in [-0.1, -0.05) is 0 Å². The highest BCUT2D eigenvalue weighted by molar-refractivity contribution is 7.12. The number of carbonyl (C=O) groups is 2. The van der Waals surface area contributed by atoms with Crippen LogP contribution in [-0.2, 0) is 9.53 Å². The molecule has 132 valence electrons. The summed E-state index contributed by atoms with van der Waals surface area (Å²) in [6.45, 7) is 5.66. The van der Waals surface area contributed by atoms with Crippen LogP contribution < -0.4 is 0 Å². The van der Waals surface area contributed by atoms with E-state index in [1.165, 1.54) is 11.3 Å². The van der Waals surface area contributed by atoms with Crippen molar-refractivity contribution in [3.05, 3.63) is 21.9 Å². The van der Waals surface area contributed by atoms with Gasteiger partial charge in [0.25, 0.3) is 5.91 Å². The topological polar surface area (TPSA) is 49.9 Å². The van der Waals surface area contributed by atoms with Gasteiger partial charge in [-0.3, -0.25) is 9.59 Å². The van der Waals surface area contributed by atoms with E-state index in [1.54, 1.807) is 7.11 Å². The molecule has 0 N–H and O–H groups in total. The molecule has 2 aliphatic heterocycles. The summed E-state index contributed by atoms with van der Waals surface area (Å²) in [5.41, 5.74) is 1.25. The molecule has 2 saturated heterocycles. The van der Waals surface area contributed by atoms with Gasteiger partial charge in [0.2, 0.25) is 5.91 Å². The van der Waals surface area contributed by atoms with Crippen molar-refractivity contribution in [3.8, 4) is 0 Å². The number of amides is 2. The SMILES string of the molecule is COCCN1CC2(CCC1=O)CCN(C(=O)c1sccc1C)CC2. The van der Waals surface area contributed by atoms with Crippen molar-refractivity contribution < 1.29 is 14.3 Å². The van der Waals surface area contributed by atoms with E-state index in [9.17, 15) is 9.59 Å². The number of likely N-dealkylation sites (tertiary alicyclic amines) is 2. The molecule has 2 fully saturated rings. The van der Waals surface area contributed by atoms with Crippen molar-refractivity contribution in [1.29, 1.82) is 0 Å². The molecule has 1 spiro atoms. The smallest absolute Gasteiger partial charge is 0.264 e. The molecule has 2 aliphatic rings. The fourth-order valence-electron chi connectivity index (χ4n) is 3.84. The highest BCUT2D eigenvalue weighted by Crippen LogP contribution is 2.40. The standard InChI is InChI=1S/C18H26N2O3S/c1-14-4-12-24-16(14)17(22)19-8-6-18(7-9-19)5-3-15(21)20(13-18)10-11-23-2/h4,12H,3,5-11,13H2,1-2H3. The van der Waals surface area contributed by atoms with E-state index in [2.05, 4.69) is 0 Å². The number of thiophene rings is 1. The summed E-state index contributed by atoms with van der Waals surface area (Å²) in [6, 6.07) is 2.00. The van der Waals surface area contributed by atoms with Crippen LogP contribution in [0.25, 0.3) is 0 Å². The van der Waals surface area contributed by atoms with Crippen LogP contribution in [0.1, 0.15) is 40.9 Å². The number of rotatable bonds is 4. The van der Waals surface area contributed by atoms with Crippen LogP contribution >= 0.6 is 11.3 Å². The van der Waals surface area contributed by atoms with E-state index in [0.717, 1.165) is 49.3 Å². The number of carbonyl (C=O) groups excluding carboxylic acids is 2. The Morgan fingerprint density at radius 3 is 2.71 bits per heavy atom. The van der Waals surface area contributed by atoms with Crippen LogP contribution in [-0.4, -0.2) is 61.5 Å². The van der Waals surface area contributed by atoms with Crippen molar-refractivity contribution in [1.82, 2.24) is 9.80 Å². The van der Waals surface area contributed by atoms with Gasteiger partial charge in [0.05, 0.1) is 11.5 Å². The second-order valence-corrected chi connectivity index (χ2v) is 7.95. The summed E-state index contributed by atoms with van der Waals surface area (Å²) in [6.07, 6.45) is 3.55. The Hall–Kier alpha value is -1.40. The monoisotopic (exact) mass is 350 g/mol. The Bertz CT molecular complexity index is 605. The third kappa shape index (κ3) is 3.49. The first-order valence-electron chi connectivity index (χ1n) is 8.65. The van der Waals surface area contributed by atoms with Crippen molar-refractivity contribution in [2.75, 3.05) is 39.9 Å². The summed E-state index contributed by atoms with van der Waals surface area (Å²) >= 11 is 1.53. The van der Waals surface area contributed by atoms with Gasteiger partial charge in [-0.05, 0) is 48.6 Å². The quantitative estimate of drug-likeness (QED) is 0.838. The highest BCUT2D eigenvalue weighted by atomic mass is 32.1. The Kier molecular flexibility index (Phi) is 5.25. The summed E-state index contributed by atoms with van der Waals surface area (Å²) in [5, 5.41) is 1.98. The van der Waals surface area contributed by atoms with E-state index in [1.807, 2.05) is 28.2 Å². The number of hydrogen-bond acceptors (Lipinski definition) is 4. The molecule has 0 radical (unpaired) electrons. The molecule has 0 bridgehead atoms. The minimum absolute atomic E-state index is 0.167. The second kappa shape index (κ2) is 7.23. The maximum atomic E-state index is 12.7. The fraction of sp³-hybridized carbons (Fsp3) is 0.667. The Morgan fingerprint density at radius 1 is 1.33 bits per heavy atom. The molecule has 1 aromatic heterocycles. The average Bonchev–Trinajstić information content (AvgIpc) is 3.02. The number of nitrogens with zero attached hydrogens (tertiary/aromatic N) is 2. The molecular formula is C18H26N2O3S. The van der Waals surface area contributed by atoms with E-state index in [0.29, 0.717) is 19.6 Å². The lowest BCUT2D eigenvalue weighted by Gasteiger charge is -2.47. The molecule has 24 heavy (non-hydrogen) atoms. The van der Waals surface area contributed by atoms with Crippen molar-refractivity contribution in [3.63, 3.8) is 0 Å². The van der Waals surface area contributed by atoms with Crippen LogP contribution in [0.15, 0.2) is 11.4 Å². The minimum atomic E-state index is 0.167. The maximum absolute atomic E-state index is 12.7. The van der Waals surface area contributed by atoms with Gasteiger partial charge in [-0.2, -0.15) is 0 Å².